The smallest absolute Gasteiger partial charge is 0.133 e. The Kier molecular flexibility index (Phi) is 2.04. The molecule has 0 aliphatic carbocycles. The zero-order chi connectivity index (χ0) is 7.56. The lowest BCUT2D eigenvalue weighted by Crippen LogP contribution is -1.98. The van der Waals surface area contributed by atoms with Crippen molar-refractivity contribution in [2.75, 3.05) is 0 Å². The monoisotopic (exact) mass is 142 g/mol. The molecule has 0 saturated carbocycles. The summed E-state index contributed by atoms with van der Waals surface area (Å²) in [6.45, 7) is 4.26. The van der Waals surface area contributed by atoms with Gasteiger partial charge in [0.2, 0.25) is 0 Å². The van der Waals surface area contributed by atoms with Crippen LogP contribution in [0.5, 0.6) is 0 Å². The van der Waals surface area contributed by atoms with Crippen LogP contribution in [0.4, 0.5) is 4.39 Å². The number of hydrogen-bond acceptors (Lipinski definition) is 1. The van der Waals surface area contributed by atoms with E-state index in [4.69, 9.17) is 0 Å². The number of hydrogen-bond donors (Lipinski definition) is 0. The van der Waals surface area contributed by atoms with Gasteiger partial charge in [0, 0.05) is 12.2 Å². The van der Waals surface area contributed by atoms with Crippen LogP contribution >= 0.6 is 0 Å². The number of rotatable bonds is 2. The first-order valence-corrected chi connectivity index (χ1v) is 3.37. The van der Waals surface area contributed by atoms with E-state index < -0.39 is 6.67 Å². The Morgan fingerprint density at radius 1 is 1.70 bits per heavy atom. The zero-order valence-electron chi connectivity index (χ0n) is 6.26. The van der Waals surface area contributed by atoms with Gasteiger partial charge in [0.15, 0.2) is 0 Å². The molecule has 0 unspecified atom stereocenters. The maximum absolute atomic E-state index is 12.0. The van der Waals surface area contributed by atoms with Crippen molar-refractivity contribution in [3.05, 3.63) is 17.5 Å². The summed E-state index contributed by atoms with van der Waals surface area (Å²) in [7, 11) is 0. The molecule has 0 amide bonds. The molecule has 1 heterocycles. The number of aryl methyl sites for hydroxylation is 2. The van der Waals surface area contributed by atoms with Crippen LogP contribution in [0.25, 0.3) is 0 Å². The fourth-order valence-electron chi connectivity index (χ4n) is 0.964. The molecule has 56 valence electrons. The van der Waals surface area contributed by atoms with Crippen LogP contribution in [-0.4, -0.2) is 9.78 Å². The quantitative estimate of drug-likeness (QED) is 0.614. The second-order valence-corrected chi connectivity index (χ2v) is 2.23. The Morgan fingerprint density at radius 3 is 2.70 bits per heavy atom. The van der Waals surface area contributed by atoms with E-state index in [1.54, 1.807) is 10.7 Å². The number of halogens is 1. The van der Waals surface area contributed by atoms with E-state index in [1.807, 2.05) is 13.8 Å². The van der Waals surface area contributed by atoms with Crippen LogP contribution < -0.4 is 0 Å². The van der Waals surface area contributed by atoms with Crippen molar-refractivity contribution < 1.29 is 4.39 Å². The third-order valence-electron chi connectivity index (χ3n) is 1.47. The summed E-state index contributed by atoms with van der Waals surface area (Å²) in [5.41, 5.74) is 1.55. The minimum absolute atomic E-state index is 0.464. The van der Waals surface area contributed by atoms with E-state index in [0.29, 0.717) is 5.69 Å². The molecule has 3 heteroatoms. The lowest BCUT2D eigenvalue weighted by molar-refractivity contribution is 0.468. The van der Waals surface area contributed by atoms with Crippen LogP contribution in [-0.2, 0) is 13.2 Å². The SMILES string of the molecule is CCn1nc(CF)cc1C. The standard InChI is InChI=1S/C7H11FN2/c1-3-10-6(2)4-7(5-8)9-10/h4H,3,5H2,1-2H3. The van der Waals surface area contributed by atoms with Gasteiger partial charge in [-0.3, -0.25) is 4.68 Å². The Morgan fingerprint density at radius 2 is 2.40 bits per heavy atom. The van der Waals surface area contributed by atoms with Crippen molar-refractivity contribution >= 4 is 0 Å². The molecule has 0 N–H and O–H groups in total. The summed E-state index contributed by atoms with van der Waals surface area (Å²) in [6.07, 6.45) is 0. The molecular weight excluding hydrogens is 131 g/mol. The molecule has 0 aliphatic heterocycles. The molecule has 1 aromatic rings. The highest BCUT2D eigenvalue weighted by Gasteiger charge is 2.00. The van der Waals surface area contributed by atoms with E-state index in [1.165, 1.54) is 0 Å². The fourth-order valence-corrected chi connectivity index (χ4v) is 0.964. The Labute approximate surface area is 59.7 Å². The number of nitrogens with zero attached hydrogens (tertiary/aromatic N) is 2. The van der Waals surface area contributed by atoms with Gasteiger partial charge < -0.3 is 0 Å². The van der Waals surface area contributed by atoms with Gasteiger partial charge in [-0.1, -0.05) is 0 Å². The summed E-state index contributed by atoms with van der Waals surface area (Å²) in [5, 5.41) is 3.99. The molecule has 0 saturated heterocycles. The van der Waals surface area contributed by atoms with E-state index in [-0.39, 0.29) is 0 Å². The average Bonchev–Trinajstić information content (AvgIpc) is 2.30. The largest absolute Gasteiger partial charge is 0.270 e. The molecule has 0 spiro atoms. The predicted molar refractivity (Wildman–Crippen MR) is 37.5 cm³/mol. The Balaban J connectivity index is 2.92. The Hall–Kier alpha value is -0.860. The van der Waals surface area contributed by atoms with Crippen molar-refractivity contribution in [1.29, 1.82) is 0 Å². The van der Waals surface area contributed by atoms with Crippen LogP contribution in [0.3, 0.4) is 0 Å². The van der Waals surface area contributed by atoms with Crippen molar-refractivity contribution in [2.24, 2.45) is 0 Å². The summed E-state index contributed by atoms with van der Waals surface area (Å²) >= 11 is 0. The third kappa shape index (κ3) is 1.17. The van der Waals surface area contributed by atoms with Gasteiger partial charge in [-0.05, 0) is 19.9 Å². The predicted octanol–water partition coefficient (Wildman–Crippen LogP) is 1.68. The lowest BCUT2D eigenvalue weighted by atomic mass is 10.4. The van der Waals surface area contributed by atoms with Crippen LogP contribution in [0.2, 0.25) is 0 Å². The van der Waals surface area contributed by atoms with Gasteiger partial charge >= 0.3 is 0 Å². The molecule has 10 heavy (non-hydrogen) atoms. The highest BCUT2D eigenvalue weighted by atomic mass is 19.1. The lowest BCUT2D eigenvalue weighted by Gasteiger charge is -1.95. The molecular formula is C7H11FN2. The zero-order valence-corrected chi connectivity index (χ0v) is 6.26. The van der Waals surface area contributed by atoms with Crippen molar-refractivity contribution in [3.8, 4) is 0 Å². The molecule has 0 bridgehead atoms. The van der Waals surface area contributed by atoms with Gasteiger partial charge in [0.25, 0.3) is 0 Å². The summed E-state index contributed by atoms with van der Waals surface area (Å²) < 4.78 is 13.8. The molecule has 0 aromatic carbocycles. The second kappa shape index (κ2) is 2.82. The van der Waals surface area contributed by atoms with Crippen molar-refractivity contribution in [1.82, 2.24) is 9.78 Å². The molecule has 2 nitrogen and oxygen atoms in total. The van der Waals surface area contributed by atoms with E-state index in [2.05, 4.69) is 5.10 Å². The van der Waals surface area contributed by atoms with E-state index >= 15 is 0 Å². The molecule has 0 radical (unpaired) electrons. The van der Waals surface area contributed by atoms with Gasteiger partial charge in [-0.2, -0.15) is 5.10 Å². The Bertz CT molecular complexity index is 217. The maximum Gasteiger partial charge on any atom is 0.133 e. The first-order chi connectivity index (χ1) is 4.77. The molecule has 1 aromatic heterocycles. The summed E-state index contributed by atoms with van der Waals surface area (Å²) in [6, 6.07) is 1.77. The van der Waals surface area contributed by atoms with Gasteiger partial charge in [0.1, 0.15) is 6.67 Å². The van der Waals surface area contributed by atoms with Gasteiger partial charge in [-0.15, -0.1) is 0 Å². The minimum atomic E-state index is -0.464. The van der Waals surface area contributed by atoms with E-state index in [0.717, 1.165) is 12.2 Å². The molecule has 0 fully saturated rings. The highest BCUT2D eigenvalue weighted by molar-refractivity contribution is 5.07. The van der Waals surface area contributed by atoms with Crippen molar-refractivity contribution in [3.63, 3.8) is 0 Å². The van der Waals surface area contributed by atoms with Gasteiger partial charge in [-0.25, -0.2) is 4.39 Å². The molecule has 0 atom stereocenters. The van der Waals surface area contributed by atoms with Crippen LogP contribution in [0.15, 0.2) is 6.07 Å². The first kappa shape index (κ1) is 7.25. The second-order valence-electron chi connectivity index (χ2n) is 2.23. The summed E-state index contributed by atoms with van der Waals surface area (Å²) in [4.78, 5) is 0. The van der Waals surface area contributed by atoms with Crippen LogP contribution in [0, 0.1) is 6.92 Å². The topological polar surface area (TPSA) is 17.8 Å². The molecule has 1 rings (SSSR count). The summed E-state index contributed by atoms with van der Waals surface area (Å²) in [5.74, 6) is 0. The fraction of sp³-hybridized carbons (Fsp3) is 0.571. The third-order valence-corrected chi connectivity index (χ3v) is 1.47. The normalized spacial score (nSPS) is 10.3. The van der Waals surface area contributed by atoms with E-state index in [9.17, 15) is 4.39 Å². The maximum atomic E-state index is 12.0. The average molecular weight is 142 g/mol. The van der Waals surface area contributed by atoms with Crippen LogP contribution in [0.1, 0.15) is 18.3 Å². The molecule has 0 aliphatic rings. The number of aromatic nitrogens is 2. The number of alkyl halides is 1. The van der Waals surface area contributed by atoms with Crippen molar-refractivity contribution in [2.45, 2.75) is 27.1 Å². The first-order valence-electron chi connectivity index (χ1n) is 3.37. The van der Waals surface area contributed by atoms with Gasteiger partial charge in [0.05, 0.1) is 5.69 Å². The highest BCUT2D eigenvalue weighted by Crippen LogP contribution is 2.03. The minimum Gasteiger partial charge on any atom is -0.270 e.